The molecular formula is C11H15ClO2. The Morgan fingerprint density at radius 3 is 2.64 bits per heavy atom. The van der Waals surface area contributed by atoms with E-state index in [4.69, 9.17) is 16.3 Å². The second-order valence-electron chi connectivity index (χ2n) is 3.07. The van der Waals surface area contributed by atoms with E-state index >= 15 is 0 Å². The predicted octanol–water partition coefficient (Wildman–Crippen LogP) is 2.37. The maximum atomic E-state index is 11.1. The molecule has 0 spiro atoms. The molecule has 0 aromatic carbocycles. The van der Waals surface area contributed by atoms with E-state index in [1.807, 2.05) is 13.8 Å². The van der Waals surface area contributed by atoms with Crippen molar-refractivity contribution in [3.8, 4) is 11.8 Å². The Hall–Kier alpha value is -0.940. The molecule has 78 valence electrons. The molecule has 0 aliphatic heterocycles. The van der Waals surface area contributed by atoms with Crippen LogP contribution in [-0.2, 0) is 9.53 Å². The van der Waals surface area contributed by atoms with E-state index in [0.717, 1.165) is 0 Å². The number of rotatable bonds is 4. The molecule has 0 rings (SSSR count). The second-order valence-corrected chi connectivity index (χ2v) is 3.38. The van der Waals surface area contributed by atoms with Gasteiger partial charge in [0.2, 0.25) is 0 Å². The summed E-state index contributed by atoms with van der Waals surface area (Å²) in [6, 6.07) is 0. The average molecular weight is 215 g/mol. The van der Waals surface area contributed by atoms with E-state index in [2.05, 4.69) is 11.8 Å². The van der Waals surface area contributed by atoms with Crippen LogP contribution in [0.5, 0.6) is 0 Å². The highest BCUT2D eigenvalue weighted by atomic mass is 35.5. The van der Waals surface area contributed by atoms with Gasteiger partial charge in [-0.1, -0.05) is 25.8 Å². The van der Waals surface area contributed by atoms with Gasteiger partial charge >= 0.3 is 5.97 Å². The number of carbonyl (C=O) groups is 1. The van der Waals surface area contributed by atoms with E-state index in [9.17, 15) is 4.79 Å². The Labute approximate surface area is 90.3 Å². The normalized spacial score (nSPS) is 12.4. The first-order chi connectivity index (χ1) is 6.61. The van der Waals surface area contributed by atoms with Crippen molar-refractivity contribution >= 4 is 17.6 Å². The lowest BCUT2D eigenvalue weighted by molar-refractivity contribution is -0.141. The van der Waals surface area contributed by atoms with Crippen molar-refractivity contribution in [2.24, 2.45) is 5.92 Å². The lowest BCUT2D eigenvalue weighted by Gasteiger charge is -2.15. The Morgan fingerprint density at radius 2 is 2.21 bits per heavy atom. The highest BCUT2D eigenvalue weighted by Gasteiger charge is 2.13. The third-order valence-corrected chi connectivity index (χ3v) is 1.72. The minimum absolute atomic E-state index is 0.220. The molecule has 0 aliphatic rings. The summed E-state index contributed by atoms with van der Waals surface area (Å²) >= 11 is 5.49. The molecule has 0 radical (unpaired) electrons. The van der Waals surface area contributed by atoms with Crippen LogP contribution in [0.15, 0.2) is 12.2 Å². The van der Waals surface area contributed by atoms with Crippen molar-refractivity contribution < 1.29 is 9.53 Å². The first-order valence-electron chi connectivity index (χ1n) is 4.47. The molecule has 0 N–H and O–H groups in total. The lowest BCUT2D eigenvalue weighted by atomic mass is 10.1. The van der Waals surface area contributed by atoms with Crippen molar-refractivity contribution in [1.29, 1.82) is 0 Å². The summed E-state index contributed by atoms with van der Waals surface area (Å²) in [6.07, 6.45) is 3.30. The first-order valence-corrected chi connectivity index (χ1v) is 5.01. The number of esters is 1. The molecule has 1 atom stereocenters. The summed E-state index contributed by atoms with van der Waals surface area (Å²) < 4.78 is 5.10. The van der Waals surface area contributed by atoms with Crippen molar-refractivity contribution in [3.63, 3.8) is 0 Å². The SMILES string of the molecule is CC#CC(=O)OC(C=CCCl)C(C)C. The van der Waals surface area contributed by atoms with Crippen LogP contribution in [0.4, 0.5) is 0 Å². The fourth-order valence-corrected chi connectivity index (χ4v) is 0.941. The molecule has 2 nitrogen and oxygen atoms in total. The minimum atomic E-state index is -0.495. The zero-order valence-corrected chi connectivity index (χ0v) is 9.47. The Kier molecular flexibility index (Phi) is 6.96. The summed E-state index contributed by atoms with van der Waals surface area (Å²) in [5.74, 6) is 4.96. The summed E-state index contributed by atoms with van der Waals surface area (Å²) in [6.45, 7) is 5.53. The number of hydrogen-bond acceptors (Lipinski definition) is 2. The van der Waals surface area contributed by atoms with Gasteiger partial charge in [0.25, 0.3) is 0 Å². The fraction of sp³-hybridized carbons (Fsp3) is 0.545. The smallest absolute Gasteiger partial charge is 0.384 e. The Balaban J connectivity index is 4.27. The second kappa shape index (κ2) is 7.46. The quantitative estimate of drug-likeness (QED) is 0.236. The minimum Gasteiger partial charge on any atom is -0.448 e. The van der Waals surface area contributed by atoms with Crippen molar-refractivity contribution in [1.82, 2.24) is 0 Å². The molecule has 0 aromatic heterocycles. The Morgan fingerprint density at radius 1 is 1.57 bits per heavy atom. The van der Waals surface area contributed by atoms with E-state index in [1.165, 1.54) is 0 Å². The summed E-state index contributed by atoms with van der Waals surface area (Å²) in [7, 11) is 0. The highest BCUT2D eigenvalue weighted by Crippen LogP contribution is 2.08. The zero-order chi connectivity index (χ0) is 11.0. The number of hydrogen-bond donors (Lipinski definition) is 0. The highest BCUT2D eigenvalue weighted by molar-refractivity contribution is 6.18. The summed E-state index contributed by atoms with van der Waals surface area (Å²) in [4.78, 5) is 11.1. The molecule has 0 aromatic rings. The average Bonchev–Trinajstić information content (AvgIpc) is 2.12. The molecule has 0 aliphatic carbocycles. The molecular weight excluding hydrogens is 200 g/mol. The van der Waals surface area contributed by atoms with Gasteiger partial charge < -0.3 is 4.74 Å². The molecule has 3 heteroatoms. The van der Waals surface area contributed by atoms with E-state index in [1.54, 1.807) is 19.1 Å². The van der Waals surface area contributed by atoms with Crippen LogP contribution in [-0.4, -0.2) is 18.0 Å². The standard InChI is InChI=1S/C11H15ClO2/c1-4-6-11(13)14-10(9(2)3)7-5-8-12/h5,7,9-10H,8H2,1-3H3. The zero-order valence-electron chi connectivity index (χ0n) is 8.71. The number of allylic oxidation sites excluding steroid dienone is 1. The van der Waals surface area contributed by atoms with Gasteiger partial charge in [0.05, 0.1) is 0 Å². The van der Waals surface area contributed by atoms with E-state index < -0.39 is 5.97 Å². The number of ether oxygens (including phenoxy) is 1. The van der Waals surface area contributed by atoms with Crippen LogP contribution in [0.2, 0.25) is 0 Å². The van der Waals surface area contributed by atoms with Gasteiger partial charge in [-0.2, -0.15) is 0 Å². The largest absolute Gasteiger partial charge is 0.448 e. The molecule has 0 amide bonds. The Bertz CT molecular complexity index is 258. The number of alkyl halides is 1. The molecule has 14 heavy (non-hydrogen) atoms. The molecule has 0 fully saturated rings. The summed E-state index contributed by atoms with van der Waals surface area (Å²) in [5.41, 5.74) is 0. The van der Waals surface area contributed by atoms with Gasteiger partial charge in [0.1, 0.15) is 6.10 Å². The van der Waals surface area contributed by atoms with Gasteiger partial charge in [-0.25, -0.2) is 4.79 Å². The molecule has 1 unspecified atom stereocenters. The van der Waals surface area contributed by atoms with Crippen molar-refractivity contribution in [2.45, 2.75) is 26.9 Å². The number of carbonyl (C=O) groups excluding carboxylic acids is 1. The molecule has 0 heterocycles. The molecule has 0 bridgehead atoms. The fourth-order valence-electron chi connectivity index (χ4n) is 0.838. The van der Waals surface area contributed by atoms with Crippen LogP contribution in [0.25, 0.3) is 0 Å². The maximum absolute atomic E-state index is 11.1. The van der Waals surface area contributed by atoms with E-state index in [0.29, 0.717) is 5.88 Å². The maximum Gasteiger partial charge on any atom is 0.384 e. The van der Waals surface area contributed by atoms with Gasteiger partial charge in [0.15, 0.2) is 0 Å². The molecule has 0 saturated carbocycles. The monoisotopic (exact) mass is 214 g/mol. The van der Waals surface area contributed by atoms with E-state index in [-0.39, 0.29) is 12.0 Å². The number of halogens is 1. The lowest BCUT2D eigenvalue weighted by Crippen LogP contribution is -2.20. The van der Waals surface area contributed by atoms with Gasteiger partial charge in [-0.05, 0) is 18.9 Å². The van der Waals surface area contributed by atoms with Gasteiger partial charge in [0, 0.05) is 11.8 Å². The van der Waals surface area contributed by atoms with Crippen molar-refractivity contribution in [3.05, 3.63) is 12.2 Å². The summed E-state index contributed by atoms with van der Waals surface area (Å²) in [5, 5.41) is 0. The van der Waals surface area contributed by atoms with Crippen LogP contribution < -0.4 is 0 Å². The first kappa shape index (κ1) is 13.1. The molecule has 0 saturated heterocycles. The van der Waals surface area contributed by atoms with Crippen LogP contribution in [0.1, 0.15) is 20.8 Å². The van der Waals surface area contributed by atoms with Crippen LogP contribution in [0, 0.1) is 17.8 Å². The van der Waals surface area contributed by atoms with Crippen LogP contribution >= 0.6 is 11.6 Å². The predicted molar refractivity (Wildman–Crippen MR) is 58.0 cm³/mol. The van der Waals surface area contributed by atoms with Crippen molar-refractivity contribution in [2.75, 3.05) is 5.88 Å². The van der Waals surface area contributed by atoms with Crippen LogP contribution in [0.3, 0.4) is 0 Å². The van der Waals surface area contributed by atoms with Gasteiger partial charge in [-0.3, -0.25) is 0 Å². The third kappa shape index (κ3) is 5.66. The third-order valence-electron chi connectivity index (χ3n) is 1.54. The topological polar surface area (TPSA) is 26.3 Å². The van der Waals surface area contributed by atoms with Gasteiger partial charge in [-0.15, -0.1) is 11.6 Å².